The third kappa shape index (κ3) is 8.45. The summed E-state index contributed by atoms with van der Waals surface area (Å²) < 4.78 is 26.1. The molecule has 0 radical (unpaired) electrons. The van der Waals surface area contributed by atoms with E-state index in [1.807, 2.05) is 29.2 Å². The Morgan fingerprint density at radius 2 is 1.51 bits per heavy atom. The molecule has 284 valence electrons. The lowest BCUT2D eigenvalue weighted by Crippen LogP contribution is -2.49. The van der Waals surface area contributed by atoms with Crippen molar-refractivity contribution < 1.29 is 37.8 Å². The molecule has 0 saturated carbocycles. The fourth-order valence-electron chi connectivity index (χ4n) is 7.37. The summed E-state index contributed by atoms with van der Waals surface area (Å²) in [6.07, 6.45) is -1.55. The third-order valence-electron chi connectivity index (χ3n) is 10.3. The molecule has 2 aliphatic heterocycles. The van der Waals surface area contributed by atoms with Crippen molar-refractivity contribution in [3.63, 3.8) is 0 Å². The highest BCUT2D eigenvalue weighted by molar-refractivity contribution is 5.98. The number of rotatable bonds is 12. The summed E-state index contributed by atoms with van der Waals surface area (Å²) in [7, 11) is 0. The number of nitrogens with one attached hydrogen (secondary N) is 2. The van der Waals surface area contributed by atoms with Crippen LogP contribution >= 0.6 is 0 Å². The van der Waals surface area contributed by atoms with E-state index in [9.17, 15) is 24.0 Å². The number of amides is 4. The van der Waals surface area contributed by atoms with Crippen LogP contribution in [0.1, 0.15) is 52.7 Å². The monoisotopic (exact) mass is 747 g/mol. The Hall–Kier alpha value is -6.24. The zero-order chi connectivity index (χ0) is 38.5. The molecule has 3 aliphatic rings. The van der Waals surface area contributed by atoms with E-state index >= 15 is 4.39 Å². The van der Waals surface area contributed by atoms with Crippen molar-refractivity contribution in [1.29, 1.82) is 0 Å². The first kappa shape index (κ1) is 37.1. The number of carbonyl (C=O) groups excluding carboxylic acids is 5. The summed E-state index contributed by atoms with van der Waals surface area (Å²) in [6.45, 7) is 3.77. The smallest absolute Gasteiger partial charge is 0.414 e. The molecule has 0 unspecified atom stereocenters. The second kappa shape index (κ2) is 16.4. The van der Waals surface area contributed by atoms with Crippen LogP contribution in [0.5, 0.6) is 0 Å². The lowest BCUT2D eigenvalue weighted by atomic mass is 9.98. The van der Waals surface area contributed by atoms with Gasteiger partial charge in [-0.15, -0.1) is 0 Å². The number of ketones is 1. The van der Waals surface area contributed by atoms with E-state index in [4.69, 9.17) is 9.47 Å². The Balaban J connectivity index is 0.823. The fraction of sp³-hybridized carbons (Fsp3) is 0.310. The van der Waals surface area contributed by atoms with E-state index in [0.717, 1.165) is 27.8 Å². The van der Waals surface area contributed by atoms with Gasteiger partial charge in [-0.25, -0.2) is 14.0 Å². The molecule has 4 aromatic rings. The zero-order valence-electron chi connectivity index (χ0n) is 30.5. The first-order valence-corrected chi connectivity index (χ1v) is 18.4. The molecule has 7 rings (SSSR count). The molecule has 2 heterocycles. The van der Waals surface area contributed by atoms with Crippen LogP contribution in [0.15, 0.2) is 91.0 Å². The van der Waals surface area contributed by atoms with Gasteiger partial charge in [0.05, 0.1) is 24.5 Å². The second-order valence-corrected chi connectivity index (χ2v) is 13.9. The molecule has 1 atom stereocenters. The van der Waals surface area contributed by atoms with Crippen molar-refractivity contribution in [2.75, 3.05) is 55.7 Å². The number of nitrogens with zero attached hydrogens (tertiary/aromatic N) is 3. The average Bonchev–Trinajstić information content (AvgIpc) is 3.74. The van der Waals surface area contributed by atoms with Gasteiger partial charge in [-0.1, -0.05) is 72.8 Å². The molecule has 2 fully saturated rings. The van der Waals surface area contributed by atoms with Gasteiger partial charge >= 0.3 is 12.2 Å². The maximum atomic E-state index is 15.2. The predicted molar refractivity (Wildman–Crippen MR) is 203 cm³/mol. The number of Topliss-reactive ketones (excluding diaryl/α,β-unsaturated/α-hetero) is 1. The van der Waals surface area contributed by atoms with Crippen LogP contribution < -0.4 is 20.4 Å². The summed E-state index contributed by atoms with van der Waals surface area (Å²) in [5.41, 5.74) is 6.61. The molecular formula is C42H42FN5O7. The number of hydrogen-bond donors (Lipinski definition) is 2. The van der Waals surface area contributed by atoms with Gasteiger partial charge in [-0.2, -0.15) is 0 Å². The van der Waals surface area contributed by atoms with Gasteiger partial charge in [-0.05, 0) is 46.0 Å². The molecule has 2 N–H and O–H groups in total. The van der Waals surface area contributed by atoms with E-state index < -0.39 is 24.1 Å². The number of hydrogen-bond acceptors (Lipinski definition) is 8. The zero-order valence-corrected chi connectivity index (χ0v) is 30.5. The van der Waals surface area contributed by atoms with Gasteiger partial charge in [0.1, 0.15) is 18.5 Å². The van der Waals surface area contributed by atoms with Crippen molar-refractivity contribution in [1.82, 2.24) is 15.5 Å². The molecule has 1 aliphatic carbocycles. The van der Waals surface area contributed by atoms with Gasteiger partial charge in [0.25, 0.3) is 0 Å². The third-order valence-corrected chi connectivity index (χ3v) is 10.3. The van der Waals surface area contributed by atoms with Gasteiger partial charge < -0.3 is 29.9 Å². The molecule has 0 aromatic heterocycles. The van der Waals surface area contributed by atoms with E-state index in [1.54, 1.807) is 41.3 Å². The standard InChI is InChI=1S/C42H42FN5O7/c1-27(49)44-24-31-25-48(42(53)55-31)30-14-15-38(37(43)22-30)46-18-20-47(21-19-46)40(51)17-16-39(50)29-12-10-28(11-13-29)23-45-41(52)54-26-36-34-8-4-2-6-32(34)33-7-3-5-9-35(33)36/h2-15,22,31,36H,16-21,23-26H2,1H3,(H,44,49)(H,45,52)/t31-/m0/s1. The van der Waals surface area contributed by atoms with Crippen LogP contribution in [-0.4, -0.2) is 86.7 Å². The molecule has 2 saturated heterocycles. The summed E-state index contributed by atoms with van der Waals surface area (Å²) in [6, 6.07) is 27.8. The molecule has 12 nitrogen and oxygen atoms in total. The van der Waals surface area contributed by atoms with Gasteiger partial charge in [0.2, 0.25) is 11.8 Å². The predicted octanol–water partition coefficient (Wildman–Crippen LogP) is 5.64. The molecule has 0 bridgehead atoms. The first-order chi connectivity index (χ1) is 26.6. The molecule has 0 spiro atoms. The number of halogens is 1. The van der Waals surface area contributed by atoms with Crippen molar-refractivity contribution in [3.05, 3.63) is 119 Å². The number of anilines is 2. The highest BCUT2D eigenvalue weighted by Gasteiger charge is 2.33. The maximum absolute atomic E-state index is 15.2. The van der Waals surface area contributed by atoms with Gasteiger partial charge in [-0.3, -0.25) is 19.3 Å². The summed E-state index contributed by atoms with van der Waals surface area (Å²) >= 11 is 0. The van der Waals surface area contributed by atoms with Crippen molar-refractivity contribution in [2.24, 2.45) is 0 Å². The molecule has 13 heteroatoms. The number of piperazine rings is 1. The first-order valence-electron chi connectivity index (χ1n) is 18.4. The summed E-state index contributed by atoms with van der Waals surface area (Å²) in [5.74, 6) is -1.07. The average molecular weight is 748 g/mol. The Labute approximate surface area is 318 Å². The van der Waals surface area contributed by atoms with Crippen LogP contribution in [0.25, 0.3) is 11.1 Å². The van der Waals surface area contributed by atoms with Crippen LogP contribution in [0, 0.1) is 5.82 Å². The van der Waals surface area contributed by atoms with Crippen LogP contribution in [0.2, 0.25) is 0 Å². The van der Waals surface area contributed by atoms with Crippen LogP contribution in [0.3, 0.4) is 0 Å². The Kier molecular flexibility index (Phi) is 11.1. The second-order valence-electron chi connectivity index (χ2n) is 13.9. The summed E-state index contributed by atoms with van der Waals surface area (Å²) in [4.78, 5) is 66.9. The highest BCUT2D eigenvalue weighted by Crippen LogP contribution is 2.44. The number of fused-ring (bicyclic) bond motifs is 3. The highest BCUT2D eigenvalue weighted by atomic mass is 19.1. The largest absolute Gasteiger partial charge is 0.449 e. The lowest BCUT2D eigenvalue weighted by molar-refractivity contribution is -0.131. The van der Waals surface area contributed by atoms with Gasteiger partial charge in [0, 0.05) is 64.0 Å². The molecule has 4 aromatic carbocycles. The SMILES string of the molecule is CC(=O)NC[C@H]1CN(c2ccc(N3CCN(C(=O)CCC(=O)c4ccc(CNC(=O)OCC5c6ccccc6-c6ccccc65)cc4)CC3)c(F)c2)C(=O)O1. The fourth-order valence-corrected chi connectivity index (χ4v) is 7.37. The van der Waals surface area contributed by atoms with Crippen molar-refractivity contribution in [3.8, 4) is 11.1 Å². The quantitative estimate of drug-likeness (QED) is 0.178. The van der Waals surface area contributed by atoms with E-state index in [0.29, 0.717) is 43.1 Å². The Bertz CT molecular complexity index is 2050. The number of carbonyl (C=O) groups is 5. The van der Waals surface area contributed by atoms with Crippen LogP contribution in [0.4, 0.5) is 25.4 Å². The minimum absolute atomic E-state index is 0.0295. The van der Waals surface area contributed by atoms with Crippen molar-refractivity contribution >= 4 is 41.2 Å². The normalized spacial score (nSPS) is 16.3. The van der Waals surface area contributed by atoms with Crippen molar-refractivity contribution in [2.45, 2.75) is 38.3 Å². The van der Waals surface area contributed by atoms with E-state index in [1.165, 1.54) is 17.9 Å². The minimum Gasteiger partial charge on any atom is -0.449 e. The number of alkyl carbamates (subject to hydrolysis) is 1. The van der Waals surface area contributed by atoms with E-state index in [-0.39, 0.29) is 62.6 Å². The summed E-state index contributed by atoms with van der Waals surface area (Å²) in [5, 5.41) is 5.40. The molecule has 4 amide bonds. The Morgan fingerprint density at radius 1 is 0.836 bits per heavy atom. The number of ether oxygens (including phenoxy) is 2. The lowest BCUT2D eigenvalue weighted by Gasteiger charge is -2.36. The Morgan fingerprint density at radius 3 is 2.16 bits per heavy atom. The minimum atomic E-state index is -0.606. The van der Waals surface area contributed by atoms with E-state index in [2.05, 4.69) is 34.9 Å². The molecular weight excluding hydrogens is 705 g/mol. The van der Waals surface area contributed by atoms with Crippen LogP contribution in [-0.2, 0) is 25.6 Å². The van der Waals surface area contributed by atoms with Gasteiger partial charge in [0.15, 0.2) is 5.78 Å². The topological polar surface area (TPSA) is 138 Å². The number of benzene rings is 4. The maximum Gasteiger partial charge on any atom is 0.414 e. The number of cyclic esters (lactones) is 1. The molecule has 55 heavy (non-hydrogen) atoms.